The van der Waals surface area contributed by atoms with Gasteiger partial charge < -0.3 is 10.0 Å². The molecule has 0 aliphatic heterocycles. The van der Waals surface area contributed by atoms with Gasteiger partial charge in [-0.15, -0.1) is 0 Å². The molecule has 0 aliphatic carbocycles. The first-order chi connectivity index (χ1) is 10.9. The van der Waals surface area contributed by atoms with Crippen molar-refractivity contribution in [1.82, 2.24) is 4.90 Å². The van der Waals surface area contributed by atoms with Crippen molar-refractivity contribution in [3.05, 3.63) is 47.5 Å². The smallest absolute Gasteiger partial charge is 0.255 e. The van der Waals surface area contributed by atoms with E-state index in [4.69, 9.17) is 0 Å². The molecule has 2 aromatic rings. The van der Waals surface area contributed by atoms with Crippen LogP contribution < -0.4 is 0 Å². The standard InChI is InChI=1S/C20H27NO2/c1-6-18(22)17-12-11-15-9-7-8-10-16(15)19(17)20(23)21(13(2)3)14(4)5/h7-14,18,22H,6H2,1-5H3/t18-/m0/s1. The summed E-state index contributed by atoms with van der Waals surface area (Å²) in [4.78, 5) is 15.2. The van der Waals surface area contributed by atoms with E-state index in [9.17, 15) is 9.90 Å². The zero-order valence-electron chi connectivity index (χ0n) is 14.7. The molecule has 2 aromatic carbocycles. The Morgan fingerprint density at radius 1 is 1.04 bits per heavy atom. The minimum Gasteiger partial charge on any atom is -0.388 e. The Hall–Kier alpha value is -1.87. The number of aliphatic hydroxyl groups excluding tert-OH is 1. The number of fused-ring (bicyclic) bond motifs is 1. The van der Waals surface area contributed by atoms with Crippen LogP contribution in [0.15, 0.2) is 36.4 Å². The predicted molar refractivity (Wildman–Crippen MR) is 95.6 cm³/mol. The summed E-state index contributed by atoms with van der Waals surface area (Å²) in [5, 5.41) is 12.3. The molecular weight excluding hydrogens is 286 g/mol. The second-order valence-corrected chi connectivity index (χ2v) is 6.57. The lowest BCUT2D eigenvalue weighted by Crippen LogP contribution is -2.42. The highest BCUT2D eigenvalue weighted by Crippen LogP contribution is 2.30. The van der Waals surface area contributed by atoms with Crippen molar-refractivity contribution in [2.45, 2.75) is 59.2 Å². The van der Waals surface area contributed by atoms with Crippen LogP contribution in [-0.4, -0.2) is 28.0 Å². The Balaban J connectivity index is 2.71. The molecule has 0 heterocycles. The second kappa shape index (κ2) is 7.14. The van der Waals surface area contributed by atoms with Gasteiger partial charge in [0.25, 0.3) is 5.91 Å². The van der Waals surface area contributed by atoms with E-state index in [1.54, 1.807) is 0 Å². The molecule has 0 aromatic heterocycles. The summed E-state index contributed by atoms with van der Waals surface area (Å²) < 4.78 is 0. The topological polar surface area (TPSA) is 40.5 Å². The fourth-order valence-corrected chi connectivity index (χ4v) is 3.22. The molecule has 0 aliphatic rings. The molecule has 0 radical (unpaired) electrons. The number of amides is 1. The maximum atomic E-state index is 13.3. The Bertz CT molecular complexity index is 683. The van der Waals surface area contributed by atoms with Crippen LogP contribution >= 0.6 is 0 Å². The third-order valence-electron chi connectivity index (χ3n) is 4.27. The van der Waals surface area contributed by atoms with Gasteiger partial charge in [0.1, 0.15) is 0 Å². The number of carbonyl (C=O) groups is 1. The van der Waals surface area contributed by atoms with E-state index in [2.05, 4.69) is 0 Å². The van der Waals surface area contributed by atoms with Gasteiger partial charge in [0.15, 0.2) is 0 Å². The zero-order chi connectivity index (χ0) is 17.1. The SMILES string of the molecule is CC[C@H](O)c1ccc2ccccc2c1C(=O)N(C(C)C)C(C)C. The molecule has 3 heteroatoms. The fourth-order valence-electron chi connectivity index (χ4n) is 3.22. The Morgan fingerprint density at radius 3 is 2.22 bits per heavy atom. The molecule has 124 valence electrons. The quantitative estimate of drug-likeness (QED) is 0.880. The van der Waals surface area contributed by atoms with E-state index in [1.807, 2.05) is 75.9 Å². The van der Waals surface area contributed by atoms with Crippen LogP contribution in [0, 0.1) is 0 Å². The van der Waals surface area contributed by atoms with E-state index < -0.39 is 6.10 Å². The minimum absolute atomic E-state index is 0.00528. The number of hydrogen-bond acceptors (Lipinski definition) is 2. The molecule has 3 nitrogen and oxygen atoms in total. The van der Waals surface area contributed by atoms with Crippen LogP contribution in [0.2, 0.25) is 0 Å². The van der Waals surface area contributed by atoms with Crippen molar-refractivity contribution in [2.75, 3.05) is 0 Å². The van der Waals surface area contributed by atoms with E-state index >= 15 is 0 Å². The number of nitrogens with zero attached hydrogens (tertiary/aromatic N) is 1. The summed E-state index contributed by atoms with van der Waals surface area (Å²) in [6, 6.07) is 12.0. The van der Waals surface area contributed by atoms with Crippen LogP contribution in [-0.2, 0) is 0 Å². The van der Waals surface area contributed by atoms with Gasteiger partial charge in [-0.2, -0.15) is 0 Å². The van der Waals surface area contributed by atoms with Crippen LogP contribution in [0.4, 0.5) is 0 Å². The number of benzene rings is 2. The molecule has 2 rings (SSSR count). The average molecular weight is 313 g/mol. The van der Waals surface area contributed by atoms with Gasteiger partial charge in [0, 0.05) is 12.1 Å². The summed E-state index contributed by atoms with van der Waals surface area (Å²) in [6.07, 6.45) is -0.0400. The predicted octanol–water partition coefficient (Wildman–Crippen LogP) is 4.54. The molecule has 0 unspecified atom stereocenters. The van der Waals surface area contributed by atoms with Crippen molar-refractivity contribution in [3.8, 4) is 0 Å². The molecule has 0 fully saturated rings. The largest absolute Gasteiger partial charge is 0.388 e. The Kier molecular flexibility index (Phi) is 5.42. The first-order valence-corrected chi connectivity index (χ1v) is 8.40. The van der Waals surface area contributed by atoms with Gasteiger partial charge in [-0.05, 0) is 50.5 Å². The molecule has 1 atom stereocenters. The van der Waals surface area contributed by atoms with Crippen LogP contribution in [0.25, 0.3) is 10.8 Å². The first-order valence-electron chi connectivity index (χ1n) is 8.40. The van der Waals surface area contributed by atoms with E-state index in [0.29, 0.717) is 12.0 Å². The van der Waals surface area contributed by atoms with E-state index in [1.165, 1.54) is 0 Å². The molecular formula is C20H27NO2. The third-order valence-corrected chi connectivity index (χ3v) is 4.27. The summed E-state index contributed by atoms with van der Waals surface area (Å²) in [6.45, 7) is 10.0. The van der Waals surface area contributed by atoms with Gasteiger partial charge in [0.2, 0.25) is 0 Å². The number of carbonyl (C=O) groups excluding carboxylic acids is 1. The van der Waals surface area contributed by atoms with Crippen molar-refractivity contribution < 1.29 is 9.90 Å². The Morgan fingerprint density at radius 2 is 1.65 bits per heavy atom. The maximum Gasteiger partial charge on any atom is 0.255 e. The molecule has 0 bridgehead atoms. The lowest BCUT2D eigenvalue weighted by Gasteiger charge is -2.32. The summed E-state index contributed by atoms with van der Waals surface area (Å²) in [7, 11) is 0. The Labute approximate surface area is 138 Å². The summed E-state index contributed by atoms with van der Waals surface area (Å²) >= 11 is 0. The highest BCUT2D eigenvalue weighted by Gasteiger charge is 2.27. The summed E-state index contributed by atoms with van der Waals surface area (Å²) in [5.74, 6) is -0.00528. The van der Waals surface area contributed by atoms with Crippen molar-refractivity contribution >= 4 is 16.7 Å². The molecule has 0 spiro atoms. The lowest BCUT2D eigenvalue weighted by molar-refractivity contribution is 0.0638. The fraction of sp³-hybridized carbons (Fsp3) is 0.450. The maximum absolute atomic E-state index is 13.3. The second-order valence-electron chi connectivity index (χ2n) is 6.57. The van der Waals surface area contributed by atoms with Gasteiger partial charge in [-0.3, -0.25) is 4.79 Å². The van der Waals surface area contributed by atoms with Crippen LogP contribution in [0.1, 0.15) is 63.1 Å². The molecule has 0 saturated carbocycles. The third kappa shape index (κ3) is 3.40. The minimum atomic E-state index is -0.625. The lowest BCUT2D eigenvalue weighted by atomic mass is 9.93. The normalized spacial score (nSPS) is 12.9. The molecule has 23 heavy (non-hydrogen) atoms. The summed E-state index contributed by atoms with van der Waals surface area (Å²) in [5.41, 5.74) is 1.36. The average Bonchev–Trinajstić information content (AvgIpc) is 2.52. The highest BCUT2D eigenvalue weighted by molar-refractivity contribution is 6.08. The monoisotopic (exact) mass is 313 g/mol. The van der Waals surface area contributed by atoms with Gasteiger partial charge in [-0.1, -0.05) is 43.3 Å². The highest BCUT2D eigenvalue weighted by atomic mass is 16.3. The molecule has 0 saturated heterocycles. The van der Waals surface area contributed by atoms with Crippen LogP contribution in [0.5, 0.6) is 0 Å². The number of aliphatic hydroxyl groups is 1. The van der Waals surface area contributed by atoms with Gasteiger partial charge >= 0.3 is 0 Å². The van der Waals surface area contributed by atoms with E-state index in [0.717, 1.165) is 16.3 Å². The molecule has 1 amide bonds. The first kappa shape index (κ1) is 17.5. The number of rotatable bonds is 5. The van der Waals surface area contributed by atoms with Crippen molar-refractivity contribution in [1.29, 1.82) is 0 Å². The van der Waals surface area contributed by atoms with Crippen molar-refractivity contribution in [3.63, 3.8) is 0 Å². The van der Waals surface area contributed by atoms with Crippen LogP contribution in [0.3, 0.4) is 0 Å². The molecule has 1 N–H and O–H groups in total. The number of hydrogen-bond donors (Lipinski definition) is 1. The van der Waals surface area contributed by atoms with Gasteiger partial charge in [0.05, 0.1) is 11.7 Å². The van der Waals surface area contributed by atoms with Crippen molar-refractivity contribution in [2.24, 2.45) is 0 Å². The van der Waals surface area contributed by atoms with Gasteiger partial charge in [-0.25, -0.2) is 0 Å². The zero-order valence-corrected chi connectivity index (χ0v) is 14.7. The van der Waals surface area contributed by atoms with E-state index in [-0.39, 0.29) is 18.0 Å².